The molecule has 0 aliphatic carbocycles. The van der Waals surface area contributed by atoms with Gasteiger partial charge in [0.05, 0.1) is 32.5 Å². The second-order valence-electron chi connectivity index (χ2n) is 14.3. The van der Waals surface area contributed by atoms with Crippen LogP contribution >= 0.6 is 0 Å². The standard InChI is InChI=1S/C31H32O9.C18H24O6.C3H4O.C3H6.4C2H6/c1-3-30(33)39-29(20-36-18-4-5-19-37-22-32)21-38-27-14-10-25(11-15-27)31(34)40-28-16-8-24(9-17-28)23-6-12-26(35-2)13-7-23;1-3-18(20)24-17(13-22-11-5-4-10-21-2)14-23-16-8-6-15(12-19)7-9-16;1-2-3-4;1-3-2;4*1-2/h3,6-17,22,29H,1,4-5,18-21H2,2H3;3,6-9,12,17H,1,4-5,10-11,13-14H2,2H3;2-3H,1H2;3H,1H2,2H3;4*1-2H3. The molecule has 0 saturated heterocycles. The summed E-state index contributed by atoms with van der Waals surface area (Å²) in [6.45, 7) is 34.1. The fourth-order valence-electron chi connectivity index (χ4n) is 5.35. The number of esters is 3. The number of benzene rings is 4. The molecular weight excluding hydrogens is 1010 g/mol. The summed E-state index contributed by atoms with van der Waals surface area (Å²) in [5.74, 6) is 0.641. The summed E-state index contributed by atoms with van der Waals surface area (Å²) >= 11 is 0. The number of rotatable bonds is 31. The molecule has 79 heavy (non-hydrogen) atoms. The van der Waals surface area contributed by atoms with Crippen molar-refractivity contribution in [1.82, 2.24) is 0 Å². The zero-order valence-corrected chi connectivity index (χ0v) is 48.8. The van der Waals surface area contributed by atoms with E-state index >= 15 is 0 Å². The quantitative estimate of drug-likeness (QED) is 0.00877. The zero-order valence-electron chi connectivity index (χ0n) is 48.8. The highest BCUT2D eigenvalue weighted by molar-refractivity contribution is 5.91. The number of carbonyl (C=O) groups is 6. The van der Waals surface area contributed by atoms with Crippen molar-refractivity contribution in [3.8, 4) is 34.1 Å². The van der Waals surface area contributed by atoms with Gasteiger partial charge in [-0.3, -0.25) is 14.4 Å². The summed E-state index contributed by atoms with van der Waals surface area (Å²) in [6, 6.07) is 28.0. The van der Waals surface area contributed by atoms with Crippen LogP contribution < -0.4 is 18.9 Å². The maximum Gasteiger partial charge on any atom is 0.343 e. The Bertz CT molecular complexity index is 2130. The maximum absolute atomic E-state index is 12.6. The van der Waals surface area contributed by atoms with Gasteiger partial charge < -0.3 is 47.4 Å². The molecule has 0 N–H and O–H groups in total. The van der Waals surface area contributed by atoms with E-state index in [1.807, 2.05) is 98.7 Å². The number of aldehydes is 2. The second-order valence-corrected chi connectivity index (χ2v) is 14.3. The molecule has 0 aromatic heterocycles. The molecule has 0 amide bonds. The summed E-state index contributed by atoms with van der Waals surface area (Å²) in [7, 11) is 3.28. The molecule has 16 nitrogen and oxygen atoms in total. The van der Waals surface area contributed by atoms with Crippen LogP contribution in [0.1, 0.15) is 109 Å². The van der Waals surface area contributed by atoms with Crippen LogP contribution in [0.15, 0.2) is 148 Å². The average Bonchev–Trinajstić information content (AvgIpc) is 3.51. The third-order valence-electron chi connectivity index (χ3n) is 8.82. The van der Waals surface area contributed by atoms with Gasteiger partial charge in [-0.25, -0.2) is 14.4 Å². The fourth-order valence-corrected chi connectivity index (χ4v) is 5.35. The van der Waals surface area contributed by atoms with Gasteiger partial charge >= 0.3 is 17.9 Å². The Balaban J connectivity index is -0.000000612. The van der Waals surface area contributed by atoms with Crippen molar-refractivity contribution >= 4 is 37.0 Å². The summed E-state index contributed by atoms with van der Waals surface area (Å²) < 4.78 is 53.2. The Morgan fingerprint density at radius 1 is 0.506 bits per heavy atom. The van der Waals surface area contributed by atoms with Crippen LogP contribution in [-0.4, -0.2) is 116 Å². The third-order valence-corrected chi connectivity index (χ3v) is 8.82. The van der Waals surface area contributed by atoms with Crippen molar-refractivity contribution in [2.24, 2.45) is 0 Å². The normalized spacial score (nSPS) is 9.86. The molecule has 4 aromatic carbocycles. The van der Waals surface area contributed by atoms with E-state index in [2.05, 4.69) is 31.1 Å². The third kappa shape index (κ3) is 42.1. The number of ether oxygens (including phenoxy) is 10. The van der Waals surface area contributed by atoms with Crippen molar-refractivity contribution < 1.29 is 76.1 Å². The topological polar surface area (TPSA) is 195 Å². The smallest absolute Gasteiger partial charge is 0.343 e. The highest BCUT2D eigenvalue weighted by Gasteiger charge is 2.17. The predicted octanol–water partition coefficient (Wildman–Crippen LogP) is 13.1. The van der Waals surface area contributed by atoms with Crippen molar-refractivity contribution in [3.63, 3.8) is 0 Å². The van der Waals surface area contributed by atoms with Gasteiger partial charge in [0.2, 0.25) is 0 Å². The molecule has 0 bridgehead atoms. The summed E-state index contributed by atoms with van der Waals surface area (Å²) in [6.07, 6.45) is 8.43. The Morgan fingerprint density at radius 3 is 1.25 bits per heavy atom. The van der Waals surface area contributed by atoms with E-state index in [4.69, 9.17) is 47.4 Å². The Morgan fingerprint density at radius 2 is 0.886 bits per heavy atom. The summed E-state index contributed by atoms with van der Waals surface area (Å²) in [5.41, 5.74) is 2.92. The van der Waals surface area contributed by atoms with E-state index in [1.54, 1.807) is 81.0 Å². The van der Waals surface area contributed by atoms with Crippen LogP contribution in [0.2, 0.25) is 0 Å². The Kier molecular flexibility index (Phi) is 57.2. The monoisotopic (exact) mass is 1100 g/mol. The van der Waals surface area contributed by atoms with Gasteiger partial charge in [-0.05, 0) is 123 Å². The van der Waals surface area contributed by atoms with Gasteiger partial charge in [-0.1, -0.05) is 105 Å². The number of hydrogen-bond acceptors (Lipinski definition) is 16. The summed E-state index contributed by atoms with van der Waals surface area (Å²) in [4.78, 5) is 65.5. The van der Waals surface area contributed by atoms with E-state index < -0.39 is 30.1 Å². The van der Waals surface area contributed by atoms with Gasteiger partial charge in [-0.15, -0.1) is 6.58 Å². The minimum atomic E-state index is -0.665. The van der Waals surface area contributed by atoms with Gasteiger partial charge in [0.15, 0.2) is 12.2 Å². The highest BCUT2D eigenvalue weighted by Crippen LogP contribution is 2.25. The molecule has 4 rings (SSSR count). The number of allylic oxidation sites excluding steroid dienone is 2. The first-order valence-electron chi connectivity index (χ1n) is 26.4. The molecule has 2 unspecified atom stereocenters. The van der Waals surface area contributed by atoms with Crippen LogP contribution in [-0.2, 0) is 47.6 Å². The van der Waals surface area contributed by atoms with Crippen molar-refractivity contribution in [2.75, 3.05) is 67.1 Å². The molecule has 16 heteroatoms. The minimum absolute atomic E-state index is 0.0399. The van der Waals surface area contributed by atoms with Gasteiger partial charge in [-0.2, -0.15) is 0 Å². The maximum atomic E-state index is 12.6. The zero-order chi connectivity index (χ0) is 60.3. The minimum Gasteiger partial charge on any atom is -0.497 e. The van der Waals surface area contributed by atoms with E-state index in [1.165, 1.54) is 6.08 Å². The highest BCUT2D eigenvalue weighted by atomic mass is 16.6. The van der Waals surface area contributed by atoms with Crippen LogP contribution in [0.3, 0.4) is 0 Å². The van der Waals surface area contributed by atoms with Gasteiger partial charge in [0.1, 0.15) is 48.8 Å². The van der Waals surface area contributed by atoms with E-state index in [9.17, 15) is 24.0 Å². The van der Waals surface area contributed by atoms with Crippen LogP contribution in [0.25, 0.3) is 11.1 Å². The molecule has 0 radical (unpaired) electrons. The van der Waals surface area contributed by atoms with Crippen LogP contribution in [0, 0.1) is 0 Å². The molecular formula is C63H90O16. The van der Waals surface area contributed by atoms with Crippen molar-refractivity contribution in [3.05, 3.63) is 159 Å². The molecule has 2 atom stereocenters. The lowest BCUT2D eigenvalue weighted by Crippen LogP contribution is -2.29. The Labute approximate surface area is 471 Å². The van der Waals surface area contributed by atoms with E-state index in [0.29, 0.717) is 80.4 Å². The number of methoxy groups -OCH3 is 2. The first-order chi connectivity index (χ1) is 38.5. The number of hydrogen-bond donors (Lipinski definition) is 0. The molecule has 4 aromatic rings. The molecule has 0 saturated carbocycles. The largest absolute Gasteiger partial charge is 0.497 e. The van der Waals surface area contributed by atoms with Gasteiger partial charge in [0.25, 0.3) is 6.47 Å². The molecule has 0 heterocycles. The molecule has 0 aliphatic rings. The average molecular weight is 1100 g/mol. The first kappa shape index (κ1) is 77.8. The van der Waals surface area contributed by atoms with Crippen LogP contribution in [0.4, 0.5) is 0 Å². The first-order valence-corrected chi connectivity index (χ1v) is 26.4. The SMILES string of the molecule is C=CC.C=CC(=O)OC(COCCCCOC)COc1ccc(C=O)cc1.C=CC(=O)OC(COCCCCOC=O)COc1ccc(C(=O)Oc2ccc(-c3ccc(OC)cc3)cc2)cc1.C=CC=O.CC.CC.CC.CC. The fraction of sp³-hybridized carbons (Fsp3) is 0.397. The van der Waals surface area contributed by atoms with E-state index in [-0.39, 0.29) is 26.4 Å². The second kappa shape index (κ2) is 58.0. The molecule has 0 fully saturated rings. The van der Waals surface area contributed by atoms with E-state index in [0.717, 1.165) is 48.2 Å². The lowest BCUT2D eigenvalue weighted by Gasteiger charge is -2.18. The summed E-state index contributed by atoms with van der Waals surface area (Å²) in [5, 5.41) is 0. The predicted molar refractivity (Wildman–Crippen MR) is 314 cm³/mol. The molecule has 438 valence electrons. The number of carbonyl (C=O) groups excluding carboxylic acids is 6. The van der Waals surface area contributed by atoms with Crippen molar-refractivity contribution in [2.45, 2.75) is 100 Å². The lowest BCUT2D eigenvalue weighted by atomic mass is 10.1. The van der Waals surface area contributed by atoms with Gasteiger partial charge in [0, 0.05) is 44.6 Å². The lowest BCUT2D eigenvalue weighted by molar-refractivity contribution is -0.148. The van der Waals surface area contributed by atoms with Crippen molar-refractivity contribution in [1.29, 1.82) is 0 Å². The van der Waals surface area contributed by atoms with Crippen LogP contribution in [0.5, 0.6) is 23.0 Å². The molecule has 0 spiro atoms. The molecule has 0 aliphatic heterocycles. The number of unbranched alkanes of at least 4 members (excludes halogenated alkanes) is 2. The Hall–Kier alpha value is -7.66.